The predicted molar refractivity (Wildman–Crippen MR) is 94.9 cm³/mol. The molecule has 0 bridgehead atoms. The molecule has 0 spiro atoms. The number of nitrogens with one attached hydrogen (secondary N) is 1. The molecule has 0 aromatic heterocycles. The number of aliphatic imine (C=N–C) groups is 1. The topological polar surface area (TPSA) is 34.1 Å². The molecular weight excluding hydrogens is 331 g/mol. The van der Waals surface area contributed by atoms with E-state index < -0.39 is 12.2 Å². The van der Waals surface area contributed by atoms with Crippen LogP contribution in [0.2, 0.25) is 0 Å². The smallest absolute Gasteiger partial charge is 0.355 e. The van der Waals surface area contributed by atoms with Gasteiger partial charge < -0.3 is 15.1 Å². The van der Waals surface area contributed by atoms with Crippen molar-refractivity contribution in [3.8, 4) is 0 Å². The highest BCUT2D eigenvalue weighted by Crippen LogP contribution is 2.25. The van der Waals surface area contributed by atoms with Gasteiger partial charge in [-0.05, 0) is 26.8 Å². The fourth-order valence-corrected chi connectivity index (χ4v) is 3.73. The standard InChI is InChI=1S/C17H32F3N5/c1-14(17(18,19)20)24-10-12-25(13-11-24)16(21-2)22-8-9-23(3)15-6-4-5-7-15/h14-15H,4-13H2,1-3H3,(H,21,22). The van der Waals surface area contributed by atoms with Crippen molar-refractivity contribution in [3.05, 3.63) is 0 Å². The second-order valence-corrected chi connectivity index (χ2v) is 7.13. The van der Waals surface area contributed by atoms with Crippen LogP contribution in [0.15, 0.2) is 4.99 Å². The molecule has 25 heavy (non-hydrogen) atoms. The van der Waals surface area contributed by atoms with Gasteiger partial charge in [-0.1, -0.05) is 12.8 Å². The van der Waals surface area contributed by atoms with Gasteiger partial charge in [0.1, 0.15) is 6.04 Å². The van der Waals surface area contributed by atoms with Crippen molar-refractivity contribution in [3.63, 3.8) is 0 Å². The quantitative estimate of drug-likeness (QED) is 0.599. The average Bonchev–Trinajstić information content (AvgIpc) is 3.12. The fraction of sp³-hybridized carbons (Fsp3) is 0.941. The van der Waals surface area contributed by atoms with Gasteiger partial charge in [0.15, 0.2) is 5.96 Å². The van der Waals surface area contributed by atoms with Gasteiger partial charge in [0.2, 0.25) is 0 Å². The maximum atomic E-state index is 12.8. The van der Waals surface area contributed by atoms with Crippen LogP contribution in [0.25, 0.3) is 0 Å². The van der Waals surface area contributed by atoms with Crippen LogP contribution in [0.1, 0.15) is 32.6 Å². The summed E-state index contributed by atoms with van der Waals surface area (Å²) in [5.41, 5.74) is 0. The monoisotopic (exact) mass is 363 g/mol. The molecule has 8 heteroatoms. The minimum Gasteiger partial charge on any atom is -0.355 e. The highest BCUT2D eigenvalue weighted by Gasteiger charge is 2.41. The molecule has 1 saturated carbocycles. The summed E-state index contributed by atoms with van der Waals surface area (Å²) in [6, 6.07) is -0.694. The molecule has 146 valence electrons. The Kier molecular flexibility index (Phi) is 7.37. The molecule has 0 aromatic carbocycles. The summed E-state index contributed by atoms with van der Waals surface area (Å²) in [4.78, 5) is 10.2. The molecule has 1 aliphatic heterocycles. The van der Waals surface area contributed by atoms with E-state index in [4.69, 9.17) is 0 Å². The van der Waals surface area contributed by atoms with Crippen molar-refractivity contribution in [2.75, 3.05) is 53.4 Å². The van der Waals surface area contributed by atoms with E-state index in [2.05, 4.69) is 27.2 Å². The van der Waals surface area contributed by atoms with Gasteiger partial charge in [-0.15, -0.1) is 0 Å². The van der Waals surface area contributed by atoms with E-state index >= 15 is 0 Å². The van der Waals surface area contributed by atoms with Gasteiger partial charge in [0.05, 0.1) is 0 Å². The Labute approximate surface area is 149 Å². The highest BCUT2D eigenvalue weighted by atomic mass is 19.4. The van der Waals surface area contributed by atoms with Gasteiger partial charge in [0.25, 0.3) is 0 Å². The molecule has 1 saturated heterocycles. The van der Waals surface area contributed by atoms with Crippen molar-refractivity contribution in [2.24, 2.45) is 4.99 Å². The summed E-state index contributed by atoms with van der Waals surface area (Å²) in [7, 11) is 3.89. The summed E-state index contributed by atoms with van der Waals surface area (Å²) >= 11 is 0. The lowest BCUT2D eigenvalue weighted by Crippen LogP contribution is -2.57. The van der Waals surface area contributed by atoms with E-state index in [9.17, 15) is 13.2 Å². The molecule has 2 fully saturated rings. The van der Waals surface area contributed by atoms with Crippen molar-refractivity contribution in [1.29, 1.82) is 0 Å². The first kappa shape index (κ1) is 20.3. The number of piperazine rings is 1. The third-order valence-corrected chi connectivity index (χ3v) is 5.54. The molecule has 1 N–H and O–H groups in total. The Hall–Kier alpha value is -1.02. The predicted octanol–water partition coefficient (Wildman–Crippen LogP) is 2.00. The highest BCUT2D eigenvalue weighted by molar-refractivity contribution is 5.80. The Bertz CT molecular complexity index is 426. The van der Waals surface area contributed by atoms with Gasteiger partial charge in [-0.2, -0.15) is 13.2 Å². The second-order valence-electron chi connectivity index (χ2n) is 7.13. The summed E-state index contributed by atoms with van der Waals surface area (Å²) in [6.07, 6.45) is 1.05. The fourth-order valence-electron chi connectivity index (χ4n) is 3.73. The van der Waals surface area contributed by atoms with E-state index in [1.165, 1.54) is 37.5 Å². The van der Waals surface area contributed by atoms with Crippen LogP contribution in [0, 0.1) is 0 Å². The molecule has 0 radical (unpaired) electrons. The Morgan fingerprint density at radius 1 is 1.20 bits per heavy atom. The Morgan fingerprint density at radius 2 is 1.80 bits per heavy atom. The number of likely N-dealkylation sites (N-methyl/N-ethyl adjacent to an activating group) is 1. The van der Waals surface area contributed by atoms with Crippen LogP contribution in [0.3, 0.4) is 0 Å². The molecule has 0 aromatic rings. The average molecular weight is 363 g/mol. The van der Waals surface area contributed by atoms with E-state index in [1.54, 1.807) is 7.05 Å². The number of nitrogens with zero attached hydrogens (tertiary/aromatic N) is 4. The summed E-state index contributed by atoms with van der Waals surface area (Å²) in [6.45, 7) is 4.94. The number of alkyl halides is 3. The lowest BCUT2D eigenvalue weighted by molar-refractivity contribution is -0.181. The maximum absolute atomic E-state index is 12.8. The summed E-state index contributed by atoms with van der Waals surface area (Å²) < 4.78 is 38.5. The summed E-state index contributed by atoms with van der Waals surface area (Å²) in [5, 5.41) is 3.36. The zero-order valence-corrected chi connectivity index (χ0v) is 15.6. The first-order chi connectivity index (χ1) is 11.8. The number of guanidine groups is 1. The summed E-state index contributed by atoms with van der Waals surface area (Å²) in [5.74, 6) is 0.791. The molecular formula is C17H32F3N5. The van der Waals surface area contributed by atoms with Crippen molar-refractivity contribution in [2.45, 2.75) is 50.9 Å². The minimum absolute atomic E-state index is 0.406. The Morgan fingerprint density at radius 3 is 2.32 bits per heavy atom. The normalized spacial score (nSPS) is 22.7. The maximum Gasteiger partial charge on any atom is 0.403 e. The number of hydrogen-bond acceptors (Lipinski definition) is 3. The lowest BCUT2D eigenvalue weighted by Gasteiger charge is -2.39. The first-order valence-electron chi connectivity index (χ1n) is 9.29. The van der Waals surface area contributed by atoms with E-state index in [0.717, 1.165) is 19.0 Å². The second kappa shape index (κ2) is 9.07. The SMILES string of the molecule is CN=C(NCCN(C)C1CCCC1)N1CCN(C(C)C(F)(F)F)CC1. The van der Waals surface area contributed by atoms with Crippen molar-refractivity contribution in [1.82, 2.24) is 20.0 Å². The molecule has 0 amide bonds. The van der Waals surface area contributed by atoms with Gasteiger partial charge in [-0.3, -0.25) is 9.89 Å². The molecule has 2 rings (SSSR count). The van der Waals surface area contributed by atoms with Crippen LogP contribution in [0.4, 0.5) is 13.2 Å². The molecule has 1 heterocycles. The number of halogens is 3. The Balaban J connectivity index is 1.73. The van der Waals surface area contributed by atoms with Crippen LogP contribution in [0.5, 0.6) is 0 Å². The molecule has 1 atom stereocenters. The first-order valence-corrected chi connectivity index (χ1v) is 9.29. The van der Waals surface area contributed by atoms with Gasteiger partial charge >= 0.3 is 6.18 Å². The molecule has 5 nitrogen and oxygen atoms in total. The van der Waals surface area contributed by atoms with Crippen LogP contribution in [-0.4, -0.2) is 92.3 Å². The third-order valence-electron chi connectivity index (χ3n) is 5.54. The van der Waals surface area contributed by atoms with E-state index in [-0.39, 0.29) is 0 Å². The number of hydrogen-bond donors (Lipinski definition) is 1. The van der Waals surface area contributed by atoms with Gasteiger partial charge in [0, 0.05) is 52.4 Å². The molecule has 2 aliphatic rings. The molecule has 1 unspecified atom stereocenters. The van der Waals surface area contributed by atoms with E-state index in [0.29, 0.717) is 32.2 Å². The van der Waals surface area contributed by atoms with E-state index in [1.807, 2.05) is 0 Å². The molecule has 1 aliphatic carbocycles. The van der Waals surface area contributed by atoms with Gasteiger partial charge in [-0.25, -0.2) is 0 Å². The van der Waals surface area contributed by atoms with Crippen LogP contribution in [-0.2, 0) is 0 Å². The van der Waals surface area contributed by atoms with Crippen LogP contribution < -0.4 is 5.32 Å². The van der Waals surface area contributed by atoms with Crippen molar-refractivity contribution < 1.29 is 13.2 Å². The van der Waals surface area contributed by atoms with Crippen LogP contribution >= 0.6 is 0 Å². The zero-order chi connectivity index (χ0) is 18.4. The number of rotatable bonds is 5. The van der Waals surface area contributed by atoms with Crippen molar-refractivity contribution >= 4 is 5.96 Å². The minimum atomic E-state index is -4.16. The zero-order valence-electron chi connectivity index (χ0n) is 15.6. The third kappa shape index (κ3) is 5.74. The lowest BCUT2D eigenvalue weighted by atomic mass is 10.2. The largest absolute Gasteiger partial charge is 0.403 e.